The van der Waals surface area contributed by atoms with Crippen molar-refractivity contribution in [3.05, 3.63) is 52.5 Å². The van der Waals surface area contributed by atoms with E-state index >= 15 is 0 Å². The van der Waals surface area contributed by atoms with Gasteiger partial charge < -0.3 is 5.73 Å². The molecule has 2 N–H and O–H groups in total. The summed E-state index contributed by atoms with van der Waals surface area (Å²) in [7, 11) is 0. The fourth-order valence-electron chi connectivity index (χ4n) is 2.13. The summed E-state index contributed by atoms with van der Waals surface area (Å²) in [6.07, 6.45) is 0. The molecule has 3 aromatic rings. The van der Waals surface area contributed by atoms with Gasteiger partial charge in [-0.1, -0.05) is 53.5 Å². The lowest BCUT2D eigenvalue weighted by atomic mass is 10.0. The molecule has 0 aliphatic rings. The highest BCUT2D eigenvalue weighted by Gasteiger charge is 2.10. The van der Waals surface area contributed by atoms with E-state index in [1.165, 1.54) is 0 Å². The third-order valence-corrected chi connectivity index (χ3v) is 3.76. The fraction of sp³-hybridized carbons (Fsp3) is 0. The molecule has 0 fully saturated rings. The van der Waals surface area contributed by atoms with E-state index in [-0.39, 0.29) is 0 Å². The lowest BCUT2D eigenvalue weighted by Gasteiger charge is -2.09. The third-order valence-electron chi connectivity index (χ3n) is 2.96. The fourth-order valence-corrected chi connectivity index (χ4v) is 2.56. The van der Waals surface area contributed by atoms with Crippen LogP contribution in [-0.2, 0) is 0 Å². The lowest BCUT2D eigenvalue weighted by Crippen LogP contribution is -1.90. The third kappa shape index (κ3) is 1.54. The number of nitrogens with two attached hydrogens (primary N) is 1. The molecule has 0 radical (unpaired) electrons. The quantitative estimate of drug-likeness (QED) is 0.453. The van der Waals surface area contributed by atoms with Crippen molar-refractivity contribution < 1.29 is 0 Å². The Balaban J connectivity index is 2.60. The van der Waals surface area contributed by atoms with Gasteiger partial charge in [0.2, 0.25) is 0 Å². The van der Waals surface area contributed by atoms with E-state index in [2.05, 4.69) is 6.07 Å². The van der Waals surface area contributed by atoms with Gasteiger partial charge in [0.05, 0.1) is 10.0 Å². The van der Waals surface area contributed by atoms with Crippen molar-refractivity contribution >= 4 is 50.4 Å². The second-order valence-corrected chi connectivity index (χ2v) is 4.76. The Morgan fingerprint density at radius 2 is 1.65 bits per heavy atom. The number of benzene rings is 3. The van der Waals surface area contributed by atoms with Gasteiger partial charge in [0.25, 0.3) is 0 Å². The molecular formula is C14H9Cl2N. The van der Waals surface area contributed by atoms with E-state index in [0.29, 0.717) is 15.7 Å². The molecule has 3 rings (SSSR count). The Kier molecular flexibility index (Phi) is 2.39. The van der Waals surface area contributed by atoms with Crippen LogP contribution in [0.5, 0.6) is 0 Å². The number of rotatable bonds is 0. The van der Waals surface area contributed by atoms with Crippen LogP contribution in [0.15, 0.2) is 42.5 Å². The SMILES string of the molecule is Nc1c2ccccc2cc2ccc(Cl)c(Cl)c12. The van der Waals surface area contributed by atoms with Crippen LogP contribution in [-0.4, -0.2) is 0 Å². The highest BCUT2D eigenvalue weighted by Crippen LogP contribution is 2.38. The zero-order valence-electron chi connectivity index (χ0n) is 8.87. The number of hydrogen-bond donors (Lipinski definition) is 1. The first-order valence-electron chi connectivity index (χ1n) is 5.23. The zero-order chi connectivity index (χ0) is 12.0. The number of nitrogen functional groups attached to an aromatic ring is 1. The van der Waals surface area contributed by atoms with Crippen LogP contribution < -0.4 is 5.73 Å². The average molecular weight is 262 g/mol. The van der Waals surface area contributed by atoms with Gasteiger partial charge in [-0.05, 0) is 22.9 Å². The lowest BCUT2D eigenvalue weighted by molar-refractivity contribution is 1.74. The Morgan fingerprint density at radius 3 is 2.47 bits per heavy atom. The van der Waals surface area contributed by atoms with Crippen LogP contribution in [0.2, 0.25) is 10.0 Å². The van der Waals surface area contributed by atoms with Crippen molar-refractivity contribution in [1.82, 2.24) is 0 Å². The largest absolute Gasteiger partial charge is 0.398 e. The van der Waals surface area contributed by atoms with Crippen LogP contribution in [0.4, 0.5) is 5.69 Å². The summed E-state index contributed by atoms with van der Waals surface area (Å²) >= 11 is 12.2. The van der Waals surface area contributed by atoms with Crippen molar-refractivity contribution in [3.8, 4) is 0 Å². The second kappa shape index (κ2) is 3.80. The average Bonchev–Trinajstić information content (AvgIpc) is 2.34. The topological polar surface area (TPSA) is 26.0 Å². The van der Waals surface area contributed by atoms with Gasteiger partial charge in [-0.15, -0.1) is 0 Å². The van der Waals surface area contributed by atoms with Crippen LogP contribution in [0.25, 0.3) is 21.5 Å². The summed E-state index contributed by atoms with van der Waals surface area (Å²) in [6, 6.07) is 13.8. The number of halogens is 2. The summed E-state index contributed by atoms with van der Waals surface area (Å²) in [5.41, 5.74) is 6.87. The predicted molar refractivity (Wildman–Crippen MR) is 75.9 cm³/mol. The number of anilines is 1. The number of hydrogen-bond acceptors (Lipinski definition) is 1. The highest BCUT2D eigenvalue weighted by molar-refractivity contribution is 6.46. The standard InChI is InChI=1S/C14H9Cl2N/c15-11-6-5-9-7-8-3-1-2-4-10(8)14(17)12(9)13(11)16/h1-7H,17H2. The maximum absolute atomic E-state index is 6.22. The van der Waals surface area contributed by atoms with E-state index in [0.717, 1.165) is 21.5 Å². The molecule has 0 bridgehead atoms. The molecule has 0 aliphatic carbocycles. The summed E-state index contributed by atoms with van der Waals surface area (Å²) in [6.45, 7) is 0. The first-order chi connectivity index (χ1) is 8.18. The van der Waals surface area contributed by atoms with E-state index in [4.69, 9.17) is 28.9 Å². The molecule has 0 saturated carbocycles. The van der Waals surface area contributed by atoms with Crippen LogP contribution in [0, 0.1) is 0 Å². The van der Waals surface area contributed by atoms with Crippen LogP contribution >= 0.6 is 23.2 Å². The van der Waals surface area contributed by atoms with Crippen LogP contribution in [0.3, 0.4) is 0 Å². The maximum atomic E-state index is 6.22. The minimum Gasteiger partial charge on any atom is -0.398 e. The maximum Gasteiger partial charge on any atom is 0.0691 e. The monoisotopic (exact) mass is 261 g/mol. The Labute approximate surface area is 109 Å². The Bertz CT molecular complexity index is 735. The molecule has 3 heteroatoms. The molecule has 0 spiro atoms. The van der Waals surface area contributed by atoms with Crippen molar-refractivity contribution in [2.45, 2.75) is 0 Å². The molecular weight excluding hydrogens is 253 g/mol. The second-order valence-electron chi connectivity index (χ2n) is 3.97. The van der Waals surface area contributed by atoms with Gasteiger partial charge in [0.1, 0.15) is 0 Å². The van der Waals surface area contributed by atoms with E-state index < -0.39 is 0 Å². The van der Waals surface area contributed by atoms with Crippen LogP contribution in [0.1, 0.15) is 0 Å². The molecule has 0 unspecified atom stereocenters. The first kappa shape index (κ1) is 10.7. The van der Waals surface area contributed by atoms with Gasteiger partial charge in [0.15, 0.2) is 0 Å². The van der Waals surface area contributed by atoms with Crippen molar-refractivity contribution in [2.24, 2.45) is 0 Å². The molecule has 3 aromatic carbocycles. The predicted octanol–water partition coefficient (Wildman–Crippen LogP) is 4.88. The van der Waals surface area contributed by atoms with Crippen molar-refractivity contribution in [1.29, 1.82) is 0 Å². The molecule has 0 heterocycles. The molecule has 84 valence electrons. The van der Waals surface area contributed by atoms with Crippen molar-refractivity contribution in [2.75, 3.05) is 5.73 Å². The molecule has 1 nitrogen and oxygen atoms in total. The Hall–Kier alpha value is -1.44. The molecule has 0 aliphatic heterocycles. The number of fused-ring (bicyclic) bond motifs is 2. The normalized spacial score (nSPS) is 11.2. The summed E-state index contributed by atoms with van der Waals surface area (Å²) in [5.74, 6) is 0. The molecule has 0 atom stereocenters. The minimum atomic E-state index is 0.521. The molecule has 0 aromatic heterocycles. The van der Waals surface area contributed by atoms with Gasteiger partial charge in [-0.2, -0.15) is 0 Å². The molecule has 0 saturated heterocycles. The zero-order valence-corrected chi connectivity index (χ0v) is 10.4. The van der Waals surface area contributed by atoms with Gasteiger partial charge in [-0.25, -0.2) is 0 Å². The minimum absolute atomic E-state index is 0.521. The first-order valence-corrected chi connectivity index (χ1v) is 5.99. The van der Waals surface area contributed by atoms with E-state index in [9.17, 15) is 0 Å². The van der Waals surface area contributed by atoms with Gasteiger partial charge >= 0.3 is 0 Å². The summed E-state index contributed by atoms with van der Waals surface area (Å²) in [4.78, 5) is 0. The van der Waals surface area contributed by atoms with Gasteiger partial charge in [-0.3, -0.25) is 0 Å². The van der Waals surface area contributed by atoms with E-state index in [1.807, 2.05) is 30.3 Å². The molecule has 17 heavy (non-hydrogen) atoms. The summed E-state index contributed by atoms with van der Waals surface area (Å²) < 4.78 is 0. The Morgan fingerprint density at radius 1 is 0.882 bits per heavy atom. The van der Waals surface area contributed by atoms with Crippen molar-refractivity contribution in [3.63, 3.8) is 0 Å². The highest BCUT2D eigenvalue weighted by atomic mass is 35.5. The summed E-state index contributed by atoms with van der Waals surface area (Å²) in [5, 5.41) is 5.00. The van der Waals surface area contributed by atoms with E-state index in [1.54, 1.807) is 6.07 Å². The molecule has 0 amide bonds. The van der Waals surface area contributed by atoms with Gasteiger partial charge in [0, 0.05) is 16.5 Å². The smallest absolute Gasteiger partial charge is 0.0691 e.